The molecule has 0 unspecified atom stereocenters. The van der Waals surface area contributed by atoms with Gasteiger partial charge in [-0.2, -0.15) is 0 Å². The van der Waals surface area contributed by atoms with Crippen molar-refractivity contribution in [2.75, 3.05) is 26.2 Å². The summed E-state index contributed by atoms with van der Waals surface area (Å²) in [6.07, 6.45) is 0. The first-order chi connectivity index (χ1) is 10.4. The van der Waals surface area contributed by atoms with Crippen molar-refractivity contribution in [1.29, 1.82) is 0 Å². The third-order valence-electron chi connectivity index (χ3n) is 3.68. The van der Waals surface area contributed by atoms with Gasteiger partial charge in [-0.25, -0.2) is 0 Å². The van der Waals surface area contributed by atoms with Crippen LogP contribution in [0.5, 0.6) is 0 Å². The molecule has 2 nitrogen and oxygen atoms in total. The highest BCUT2D eigenvalue weighted by Crippen LogP contribution is 2.19. The molecule has 1 aliphatic rings. The summed E-state index contributed by atoms with van der Waals surface area (Å²) in [4.78, 5) is 2.51. The summed E-state index contributed by atoms with van der Waals surface area (Å²) in [5.41, 5.74) is 3.99. The summed E-state index contributed by atoms with van der Waals surface area (Å²) in [6.45, 7) is 9.60. The number of benzene rings is 2. The highest BCUT2D eigenvalue weighted by Gasteiger charge is 2.09. The Morgan fingerprint density at radius 2 is 1.38 bits per heavy atom. The molecule has 2 aromatic carbocycles. The topological polar surface area (TPSA) is 15.3 Å². The van der Waals surface area contributed by atoms with Gasteiger partial charge in [-0.05, 0) is 16.7 Å². The van der Waals surface area contributed by atoms with Crippen LogP contribution in [0.2, 0.25) is 0 Å². The van der Waals surface area contributed by atoms with Crippen molar-refractivity contribution in [3.63, 3.8) is 0 Å². The first kappa shape index (κ1) is 15.7. The summed E-state index contributed by atoms with van der Waals surface area (Å²) in [5, 5.41) is 3.39. The molecule has 2 aromatic rings. The number of nitrogens with zero attached hydrogens (tertiary/aromatic N) is 1. The minimum Gasteiger partial charge on any atom is -0.314 e. The quantitative estimate of drug-likeness (QED) is 0.921. The van der Waals surface area contributed by atoms with E-state index >= 15 is 0 Å². The first-order valence-corrected chi connectivity index (χ1v) is 7.99. The van der Waals surface area contributed by atoms with Crippen molar-refractivity contribution in [2.24, 2.45) is 0 Å². The maximum Gasteiger partial charge on any atom is 0.0234 e. The normalized spacial score (nSPS) is 15.1. The summed E-state index contributed by atoms with van der Waals surface area (Å²) in [5.74, 6) is 0. The fourth-order valence-corrected chi connectivity index (χ4v) is 2.56. The lowest BCUT2D eigenvalue weighted by molar-refractivity contribution is 0.233. The van der Waals surface area contributed by atoms with E-state index in [9.17, 15) is 0 Å². The molecule has 1 heterocycles. The van der Waals surface area contributed by atoms with Crippen LogP contribution in [-0.2, 0) is 6.54 Å². The second-order valence-corrected chi connectivity index (χ2v) is 5.09. The van der Waals surface area contributed by atoms with Gasteiger partial charge < -0.3 is 5.32 Å². The molecule has 1 fully saturated rings. The van der Waals surface area contributed by atoms with E-state index in [0.29, 0.717) is 0 Å². The minimum atomic E-state index is 1.07. The average molecular weight is 282 g/mol. The van der Waals surface area contributed by atoms with Crippen LogP contribution >= 0.6 is 0 Å². The molecule has 0 atom stereocenters. The number of hydrogen-bond donors (Lipinski definition) is 1. The number of hydrogen-bond acceptors (Lipinski definition) is 2. The average Bonchev–Trinajstić information content (AvgIpc) is 2.59. The van der Waals surface area contributed by atoms with E-state index in [2.05, 4.69) is 64.8 Å². The fourth-order valence-electron chi connectivity index (χ4n) is 2.56. The lowest BCUT2D eigenvalue weighted by Gasteiger charge is -2.27. The highest BCUT2D eigenvalue weighted by molar-refractivity contribution is 5.63. The molecule has 21 heavy (non-hydrogen) atoms. The van der Waals surface area contributed by atoms with Crippen molar-refractivity contribution in [3.8, 4) is 11.1 Å². The Hall–Kier alpha value is -1.64. The van der Waals surface area contributed by atoms with Gasteiger partial charge in [-0.3, -0.25) is 4.90 Å². The van der Waals surface area contributed by atoms with Crippen LogP contribution in [0.1, 0.15) is 19.4 Å². The van der Waals surface area contributed by atoms with E-state index in [1.54, 1.807) is 0 Å². The molecule has 1 aliphatic heterocycles. The van der Waals surface area contributed by atoms with Crippen LogP contribution in [0.15, 0.2) is 54.6 Å². The molecular weight excluding hydrogens is 256 g/mol. The van der Waals surface area contributed by atoms with Crippen LogP contribution in [0, 0.1) is 0 Å². The number of nitrogens with one attached hydrogen (secondary N) is 1. The molecule has 1 N–H and O–H groups in total. The smallest absolute Gasteiger partial charge is 0.0234 e. The zero-order chi connectivity index (χ0) is 14.9. The first-order valence-electron chi connectivity index (χ1n) is 7.99. The van der Waals surface area contributed by atoms with Crippen LogP contribution in [0.4, 0.5) is 0 Å². The van der Waals surface area contributed by atoms with Crippen LogP contribution in [0.25, 0.3) is 11.1 Å². The van der Waals surface area contributed by atoms with Crippen molar-refractivity contribution >= 4 is 0 Å². The molecule has 0 aromatic heterocycles. The zero-order valence-electron chi connectivity index (χ0n) is 13.2. The van der Waals surface area contributed by atoms with Crippen LogP contribution in [-0.4, -0.2) is 31.1 Å². The summed E-state index contributed by atoms with van der Waals surface area (Å²) in [6, 6.07) is 19.5. The van der Waals surface area contributed by atoms with Crippen molar-refractivity contribution < 1.29 is 0 Å². The van der Waals surface area contributed by atoms with E-state index in [-0.39, 0.29) is 0 Å². The predicted molar refractivity (Wildman–Crippen MR) is 91.4 cm³/mol. The Labute approximate surface area is 128 Å². The third kappa shape index (κ3) is 4.69. The lowest BCUT2D eigenvalue weighted by atomic mass is 10.0. The monoisotopic (exact) mass is 282 g/mol. The van der Waals surface area contributed by atoms with Gasteiger partial charge in [0, 0.05) is 32.7 Å². The predicted octanol–water partition coefficient (Wildman–Crippen LogP) is 3.79. The summed E-state index contributed by atoms with van der Waals surface area (Å²) < 4.78 is 0. The van der Waals surface area contributed by atoms with E-state index in [1.165, 1.54) is 16.7 Å². The van der Waals surface area contributed by atoms with Crippen LogP contribution in [0.3, 0.4) is 0 Å². The molecule has 3 rings (SSSR count). The molecule has 0 radical (unpaired) electrons. The molecular formula is C19H26N2. The van der Waals surface area contributed by atoms with E-state index in [4.69, 9.17) is 0 Å². The molecule has 112 valence electrons. The van der Waals surface area contributed by atoms with E-state index < -0.39 is 0 Å². The van der Waals surface area contributed by atoms with Gasteiger partial charge in [0.2, 0.25) is 0 Å². The van der Waals surface area contributed by atoms with Crippen molar-refractivity contribution in [3.05, 3.63) is 60.2 Å². The van der Waals surface area contributed by atoms with Gasteiger partial charge in [0.25, 0.3) is 0 Å². The van der Waals surface area contributed by atoms with Gasteiger partial charge in [0.15, 0.2) is 0 Å². The Morgan fingerprint density at radius 3 is 2.00 bits per heavy atom. The molecule has 0 amide bonds. The van der Waals surface area contributed by atoms with E-state index in [0.717, 1.165) is 32.7 Å². The molecule has 2 heteroatoms. The Balaban J connectivity index is 0.000000774. The third-order valence-corrected chi connectivity index (χ3v) is 3.68. The molecule has 1 saturated heterocycles. The van der Waals surface area contributed by atoms with Gasteiger partial charge in [-0.15, -0.1) is 0 Å². The maximum absolute atomic E-state index is 3.39. The number of rotatable bonds is 3. The largest absolute Gasteiger partial charge is 0.314 e. The Morgan fingerprint density at radius 1 is 0.810 bits per heavy atom. The second-order valence-electron chi connectivity index (χ2n) is 5.09. The second kappa shape index (κ2) is 8.60. The minimum absolute atomic E-state index is 1.07. The highest BCUT2D eigenvalue weighted by atomic mass is 15.2. The van der Waals surface area contributed by atoms with Gasteiger partial charge in [-0.1, -0.05) is 68.4 Å². The van der Waals surface area contributed by atoms with Crippen molar-refractivity contribution in [2.45, 2.75) is 20.4 Å². The van der Waals surface area contributed by atoms with Crippen molar-refractivity contribution in [1.82, 2.24) is 10.2 Å². The standard InChI is InChI=1S/C17H20N2.C2H6/c1-2-4-16(5-3-1)17-8-6-15(7-9-17)14-19-12-10-18-11-13-19;1-2/h1-9,18H,10-14H2;1-2H3. The maximum atomic E-state index is 3.39. The molecule has 0 spiro atoms. The van der Waals surface area contributed by atoms with Gasteiger partial charge >= 0.3 is 0 Å². The molecule has 0 saturated carbocycles. The number of piperazine rings is 1. The molecule has 0 aliphatic carbocycles. The van der Waals surface area contributed by atoms with Gasteiger partial charge in [0.1, 0.15) is 0 Å². The fraction of sp³-hybridized carbons (Fsp3) is 0.368. The van der Waals surface area contributed by atoms with Crippen LogP contribution < -0.4 is 5.32 Å². The Bertz CT molecular complexity index is 499. The summed E-state index contributed by atoms with van der Waals surface area (Å²) in [7, 11) is 0. The lowest BCUT2D eigenvalue weighted by Crippen LogP contribution is -2.42. The molecule has 0 bridgehead atoms. The summed E-state index contributed by atoms with van der Waals surface area (Å²) >= 11 is 0. The SMILES string of the molecule is CC.c1ccc(-c2ccc(CN3CCNCC3)cc2)cc1. The zero-order valence-corrected chi connectivity index (χ0v) is 13.2. The van der Waals surface area contributed by atoms with E-state index in [1.807, 2.05) is 13.8 Å². The Kier molecular flexibility index (Phi) is 6.45. The van der Waals surface area contributed by atoms with Gasteiger partial charge in [0.05, 0.1) is 0 Å².